The van der Waals surface area contributed by atoms with Crippen molar-refractivity contribution in [1.82, 2.24) is 14.1 Å². The minimum Gasteiger partial charge on any atom is -0.306 e. The van der Waals surface area contributed by atoms with E-state index in [1.807, 2.05) is 0 Å². The van der Waals surface area contributed by atoms with E-state index in [4.69, 9.17) is 0 Å². The Morgan fingerprint density at radius 1 is 1.12 bits per heavy atom. The van der Waals surface area contributed by atoms with E-state index in [-0.39, 0.29) is 22.0 Å². The number of sulfonamides is 1. The minimum atomic E-state index is -3.56. The maximum Gasteiger partial charge on any atom is 0.281 e. The maximum atomic E-state index is 13.0. The summed E-state index contributed by atoms with van der Waals surface area (Å²) < 4.78 is 28.3. The van der Waals surface area contributed by atoms with Crippen LogP contribution in [0.5, 0.6) is 0 Å². The summed E-state index contributed by atoms with van der Waals surface area (Å²) in [6.07, 6.45) is 3.71. The summed E-state index contributed by atoms with van der Waals surface area (Å²) in [7, 11) is -3.56. The Balaban J connectivity index is 1.40. The van der Waals surface area contributed by atoms with Gasteiger partial charge in [-0.2, -0.15) is 19.1 Å². The maximum absolute atomic E-state index is 13.0. The molecule has 34 heavy (non-hydrogen) atoms. The highest BCUT2D eigenvalue weighted by molar-refractivity contribution is 7.89. The molecular weight excluding hydrogens is 456 g/mol. The van der Waals surface area contributed by atoms with Crippen LogP contribution in [0.3, 0.4) is 0 Å². The number of rotatable bonds is 5. The molecule has 176 valence electrons. The number of carbonyl (C=O) groups excluding carboxylic acids is 2. The van der Waals surface area contributed by atoms with Crippen LogP contribution in [0.1, 0.15) is 54.6 Å². The van der Waals surface area contributed by atoms with Gasteiger partial charge in [0.1, 0.15) is 5.82 Å². The number of benzene rings is 1. The standard InChI is InChI=1S/C23H24N6O4S/c1-14-15(2)24-23(26-21(14)30)29-20(13-19(27-29)16-5-6-16)25-22(31)17-7-9-18(10-8-17)34(32,33)28-11-3-4-12-28/h7-10,13,16H,1,3-6,11-12H2,2H3,(H,25,31). The van der Waals surface area contributed by atoms with Crippen LogP contribution < -0.4 is 5.32 Å². The quantitative estimate of drug-likeness (QED) is 0.658. The van der Waals surface area contributed by atoms with Crippen molar-refractivity contribution in [1.29, 1.82) is 0 Å². The van der Waals surface area contributed by atoms with Gasteiger partial charge in [0, 0.05) is 30.6 Å². The summed E-state index contributed by atoms with van der Waals surface area (Å²) in [6.45, 7) is 6.36. The molecule has 1 aromatic heterocycles. The molecule has 0 atom stereocenters. The van der Waals surface area contributed by atoms with Crippen LogP contribution in [0.25, 0.3) is 0 Å². The molecule has 2 amide bonds. The Morgan fingerprint density at radius 3 is 2.41 bits per heavy atom. The summed E-state index contributed by atoms with van der Waals surface area (Å²) in [5.74, 6) is -0.258. The average molecular weight is 481 g/mol. The molecule has 1 N–H and O–H groups in total. The van der Waals surface area contributed by atoms with Gasteiger partial charge < -0.3 is 5.32 Å². The lowest BCUT2D eigenvalue weighted by atomic mass is 10.2. The Hall–Kier alpha value is -3.44. The molecule has 0 unspecified atom stereocenters. The van der Waals surface area contributed by atoms with Crippen molar-refractivity contribution in [2.24, 2.45) is 9.98 Å². The Kier molecular flexibility index (Phi) is 5.53. The second-order valence-electron chi connectivity index (χ2n) is 8.62. The van der Waals surface area contributed by atoms with Gasteiger partial charge >= 0.3 is 0 Å². The molecule has 3 aliphatic rings. The third-order valence-electron chi connectivity index (χ3n) is 6.14. The van der Waals surface area contributed by atoms with Gasteiger partial charge in [-0.15, -0.1) is 0 Å². The smallest absolute Gasteiger partial charge is 0.281 e. The Labute approximate surface area is 197 Å². The molecule has 5 rings (SSSR count). The third-order valence-corrected chi connectivity index (χ3v) is 8.05. The molecule has 1 aliphatic carbocycles. The highest BCUT2D eigenvalue weighted by Gasteiger charge is 2.30. The molecule has 1 saturated heterocycles. The van der Waals surface area contributed by atoms with Gasteiger partial charge in [-0.25, -0.2) is 13.4 Å². The fraction of sp³-hybridized carbons (Fsp3) is 0.348. The van der Waals surface area contributed by atoms with E-state index in [0.29, 0.717) is 30.5 Å². The highest BCUT2D eigenvalue weighted by Crippen LogP contribution is 2.40. The van der Waals surface area contributed by atoms with Crippen molar-refractivity contribution in [3.05, 3.63) is 53.7 Å². The largest absolute Gasteiger partial charge is 0.306 e. The first-order chi connectivity index (χ1) is 16.2. The van der Waals surface area contributed by atoms with Gasteiger partial charge in [0.15, 0.2) is 0 Å². The van der Waals surface area contributed by atoms with Crippen molar-refractivity contribution in [3.8, 4) is 0 Å². The zero-order valence-corrected chi connectivity index (χ0v) is 19.5. The molecule has 1 saturated carbocycles. The number of anilines is 1. The van der Waals surface area contributed by atoms with Crippen LogP contribution in [0.2, 0.25) is 0 Å². The first-order valence-corrected chi connectivity index (χ1v) is 12.6. The molecule has 0 bridgehead atoms. The van der Waals surface area contributed by atoms with Crippen molar-refractivity contribution in [2.75, 3.05) is 18.4 Å². The van der Waals surface area contributed by atoms with Gasteiger partial charge in [-0.1, -0.05) is 6.58 Å². The number of nitrogens with zero attached hydrogens (tertiary/aromatic N) is 5. The molecule has 2 aromatic rings. The summed E-state index contributed by atoms with van der Waals surface area (Å²) in [5.41, 5.74) is 1.73. The van der Waals surface area contributed by atoms with Crippen molar-refractivity contribution in [3.63, 3.8) is 0 Å². The predicted octanol–water partition coefficient (Wildman–Crippen LogP) is 2.56. The predicted molar refractivity (Wildman–Crippen MR) is 127 cm³/mol. The number of amides is 2. The molecule has 2 aliphatic heterocycles. The van der Waals surface area contributed by atoms with E-state index in [0.717, 1.165) is 31.4 Å². The van der Waals surface area contributed by atoms with Gasteiger partial charge in [0.25, 0.3) is 17.8 Å². The van der Waals surface area contributed by atoms with E-state index >= 15 is 0 Å². The summed E-state index contributed by atoms with van der Waals surface area (Å²) >= 11 is 0. The number of aliphatic imine (C=N–C) groups is 2. The van der Waals surface area contributed by atoms with Crippen LogP contribution in [0.15, 0.2) is 57.4 Å². The number of aromatic nitrogens is 2. The topological polar surface area (TPSA) is 126 Å². The zero-order valence-electron chi connectivity index (χ0n) is 18.7. The van der Waals surface area contributed by atoms with Gasteiger partial charge in [0.2, 0.25) is 10.0 Å². The van der Waals surface area contributed by atoms with Crippen LogP contribution in [0.4, 0.5) is 5.82 Å². The van der Waals surface area contributed by atoms with E-state index in [9.17, 15) is 18.0 Å². The van der Waals surface area contributed by atoms with Crippen LogP contribution >= 0.6 is 0 Å². The fourth-order valence-corrected chi connectivity index (χ4v) is 5.43. The van der Waals surface area contributed by atoms with E-state index in [1.54, 1.807) is 13.0 Å². The zero-order chi connectivity index (χ0) is 24.0. The fourth-order valence-electron chi connectivity index (χ4n) is 3.91. The monoisotopic (exact) mass is 480 g/mol. The number of carbonyl (C=O) groups is 2. The summed E-state index contributed by atoms with van der Waals surface area (Å²) in [6, 6.07) is 7.60. The molecule has 10 nitrogen and oxygen atoms in total. The molecular formula is C23H24N6O4S. The summed E-state index contributed by atoms with van der Waals surface area (Å²) in [4.78, 5) is 33.6. The van der Waals surface area contributed by atoms with Gasteiger partial charge in [-0.05, 0) is 56.9 Å². The highest BCUT2D eigenvalue weighted by atomic mass is 32.2. The second kappa shape index (κ2) is 8.41. The Morgan fingerprint density at radius 2 is 1.79 bits per heavy atom. The number of hydrogen-bond acceptors (Lipinski definition) is 6. The molecule has 0 spiro atoms. The van der Waals surface area contributed by atoms with E-state index in [1.165, 1.54) is 33.3 Å². The van der Waals surface area contributed by atoms with Crippen LogP contribution in [-0.2, 0) is 14.8 Å². The number of hydrogen-bond donors (Lipinski definition) is 1. The van der Waals surface area contributed by atoms with E-state index < -0.39 is 21.8 Å². The number of nitrogens with one attached hydrogen (secondary N) is 1. The molecule has 0 radical (unpaired) electrons. The lowest BCUT2D eigenvalue weighted by Crippen LogP contribution is -2.28. The first-order valence-electron chi connectivity index (χ1n) is 11.1. The SMILES string of the molecule is C=C1C(=O)N=C(n2nc(C3CC3)cc2NC(=O)c2ccc(S(=O)(=O)N3CCCC3)cc2)N=C1C. The summed E-state index contributed by atoms with van der Waals surface area (Å²) in [5, 5.41) is 7.32. The van der Waals surface area contributed by atoms with Crippen molar-refractivity contribution < 1.29 is 18.0 Å². The Bertz CT molecular complexity index is 1360. The van der Waals surface area contributed by atoms with Crippen LogP contribution in [-0.4, -0.2) is 59.1 Å². The van der Waals surface area contributed by atoms with Crippen molar-refractivity contribution >= 4 is 39.3 Å². The van der Waals surface area contributed by atoms with Gasteiger partial charge in [-0.3, -0.25) is 9.59 Å². The van der Waals surface area contributed by atoms with E-state index in [2.05, 4.69) is 27.0 Å². The molecule has 3 heterocycles. The third kappa shape index (κ3) is 4.12. The minimum absolute atomic E-state index is 0.0594. The lowest BCUT2D eigenvalue weighted by molar-refractivity contribution is -0.113. The normalized spacial score (nSPS) is 19.2. The lowest BCUT2D eigenvalue weighted by Gasteiger charge is -2.15. The molecule has 1 aromatic carbocycles. The molecule has 11 heteroatoms. The average Bonchev–Trinajstić information content (AvgIpc) is 3.34. The second-order valence-corrected chi connectivity index (χ2v) is 10.6. The van der Waals surface area contributed by atoms with Gasteiger partial charge in [0.05, 0.1) is 21.9 Å². The van der Waals surface area contributed by atoms with Crippen molar-refractivity contribution in [2.45, 2.75) is 43.4 Å². The van der Waals surface area contributed by atoms with Crippen LogP contribution in [0, 0.1) is 0 Å². The molecule has 2 fully saturated rings. The first kappa shape index (κ1) is 22.4.